The fraction of sp³-hybridized carbons (Fsp3) is 0.696. The van der Waals surface area contributed by atoms with Gasteiger partial charge in [0, 0.05) is 26.1 Å². The van der Waals surface area contributed by atoms with Gasteiger partial charge in [-0.05, 0) is 81.5 Å². The number of benzene rings is 1. The first-order chi connectivity index (χ1) is 12.6. The molecule has 3 aliphatic rings. The number of amides is 1. The SMILES string of the molecule is Cc1ccc(C)c(CN2CCC(CC(=O)N3CC4CCCC4C3)CC2)c1.Cl. The third-order valence-electron chi connectivity index (χ3n) is 7.15. The zero-order chi connectivity index (χ0) is 18.1. The van der Waals surface area contributed by atoms with Crippen molar-refractivity contribution >= 4 is 18.3 Å². The van der Waals surface area contributed by atoms with Crippen molar-refractivity contribution in [2.75, 3.05) is 26.2 Å². The highest BCUT2D eigenvalue weighted by Gasteiger charge is 2.38. The van der Waals surface area contributed by atoms with Gasteiger partial charge in [-0.3, -0.25) is 9.69 Å². The monoisotopic (exact) mass is 390 g/mol. The third kappa shape index (κ3) is 4.86. The minimum absolute atomic E-state index is 0. The summed E-state index contributed by atoms with van der Waals surface area (Å²) >= 11 is 0. The first-order valence-corrected chi connectivity index (χ1v) is 10.6. The predicted molar refractivity (Wildman–Crippen MR) is 113 cm³/mol. The van der Waals surface area contributed by atoms with Crippen LogP contribution in [0.2, 0.25) is 0 Å². The van der Waals surface area contributed by atoms with Crippen LogP contribution in [0.25, 0.3) is 0 Å². The van der Waals surface area contributed by atoms with Crippen LogP contribution in [0.5, 0.6) is 0 Å². The van der Waals surface area contributed by atoms with E-state index in [0.717, 1.165) is 51.0 Å². The standard InChI is InChI=1S/C23H34N2O.ClH/c1-17-6-7-18(2)22(12-17)14-24-10-8-19(9-11-24)13-23(26)25-15-20-4-3-5-21(20)16-25;/h6-7,12,19-21H,3-5,8-11,13-16H2,1-2H3;1H. The molecule has 1 saturated carbocycles. The Hall–Kier alpha value is -1.06. The first kappa shape index (κ1) is 20.7. The molecule has 4 rings (SSSR count). The van der Waals surface area contributed by atoms with Crippen molar-refractivity contribution in [2.24, 2.45) is 17.8 Å². The summed E-state index contributed by atoms with van der Waals surface area (Å²) in [6, 6.07) is 6.76. The Morgan fingerprint density at radius 3 is 2.37 bits per heavy atom. The van der Waals surface area contributed by atoms with Gasteiger partial charge in [-0.15, -0.1) is 12.4 Å². The number of rotatable bonds is 4. The molecule has 1 aromatic carbocycles. The number of carbonyl (C=O) groups is 1. The van der Waals surface area contributed by atoms with Gasteiger partial charge in [0.1, 0.15) is 0 Å². The average Bonchev–Trinajstić information content (AvgIpc) is 3.22. The molecule has 2 atom stereocenters. The molecule has 1 amide bonds. The maximum atomic E-state index is 12.7. The van der Waals surface area contributed by atoms with Crippen LogP contribution in [-0.2, 0) is 11.3 Å². The number of hydrogen-bond donors (Lipinski definition) is 0. The highest BCUT2D eigenvalue weighted by molar-refractivity contribution is 5.85. The van der Waals surface area contributed by atoms with Gasteiger partial charge in [-0.25, -0.2) is 0 Å². The molecule has 150 valence electrons. The second-order valence-electron chi connectivity index (χ2n) is 9.10. The topological polar surface area (TPSA) is 23.6 Å². The highest BCUT2D eigenvalue weighted by atomic mass is 35.5. The van der Waals surface area contributed by atoms with Crippen molar-refractivity contribution in [1.82, 2.24) is 9.80 Å². The van der Waals surface area contributed by atoms with E-state index < -0.39 is 0 Å². The summed E-state index contributed by atoms with van der Waals surface area (Å²) in [5.41, 5.74) is 4.21. The van der Waals surface area contributed by atoms with Crippen LogP contribution in [0.4, 0.5) is 0 Å². The molecule has 2 aliphatic heterocycles. The van der Waals surface area contributed by atoms with Gasteiger partial charge in [-0.1, -0.05) is 30.2 Å². The molecule has 1 aliphatic carbocycles. The van der Waals surface area contributed by atoms with Gasteiger partial charge in [0.05, 0.1) is 0 Å². The molecule has 0 bridgehead atoms. The van der Waals surface area contributed by atoms with Gasteiger partial charge in [0.25, 0.3) is 0 Å². The second kappa shape index (κ2) is 8.96. The molecule has 0 aromatic heterocycles. The lowest BCUT2D eigenvalue weighted by atomic mass is 9.92. The van der Waals surface area contributed by atoms with Crippen LogP contribution in [0.15, 0.2) is 18.2 Å². The predicted octanol–water partition coefficient (Wildman–Crippen LogP) is 4.59. The number of hydrogen-bond acceptors (Lipinski definition) is 2. The molecule has 2 heterocycles. The molecule has 1 aromatic rings. The number of likely N-dealkylation sites (tertiary alicyclic amines) is 2. The Morgan fingerprint density at radius 2 is 1.70 bits per heavy atom. The third-order valence-corrected chi connectivity index (χ3v) is 7.15. The Balaban J connectivity index is 0.00000210. The van der Waals surface area contributed by atoms with Crippen molar-refractivity contribution in [2.45, 2.75) is 58.9 Å². The van der Waals surface area contributed by atoms with E-state index in [1.807, 2.05) is 0 Å². The molecule has 0 radical (unpaired) electrons. The van der Waals surface area contributed by atoms with E-state index in [1.54, 1.807) is 0 Å². The summed E-state index contributed by atoms with van der Waals surface area (Å²) in [5.74, 6) is 2.67. The summed E-state index contributed by atoms with van der Waals surface area (Å²) in [5, 5.41) is 0. The summed E-state index contributed by atoms with van der Waals surface area (Å²) in [4.78, 5) is 17.5. The van der Waals surface area contributed by atoms with Crippen molar-refractivity contribution < 1.29 is 4.79 Å². The molecule has 2 saturated heterocycles. The lowest BCUT2D eigenvalue weighted by Gasteiger charge is -2.33. The van der Waals surface area contributed by atoms with E-state index in [-0.39, 0.29) is 12.4 Å². The minimum atomic E-state index is 0. The average molecular weight is 391 g/mol. The molecule has 0 N–H and O–H groups in total. The number of nitrogens with zero attached hydrogens (tertiary/aromatic N) is 2. The zero-order valence-corrected chi connectivity index (χ0v) is 17.8. The van der Waals surface area contributed by atoms with Crippen LogP contribution < -0.4 is 0 Å². The number of piperidine rings is 1. The number of halogens is 1. The molecule has 27 heavy (non-hydrogen) atoms. The van der Waals surface area contributed by atoms with Gasteiger partial charge in [0.2, 0.25) is 5.91 Å². The molecular formula is C23H35ClN2O. The second-order valence-corrected chi connectivity index (χ2v) is 9.10. The van der Waals surface area contributed by atoms with Gasteiger partial charge in [-0.2, -0.15) is 0 Å². The van der Waals surface area contributed by atoms with Gasteiger partial charge in [0.15, 0.2) is 0 Å². The Labute approximate surface area is 170 Å². The van der Waals surface area contributed by atoms with E-state index >= 15 is 0 Å². The molecular weight excluding hydrogens is 356 g/mol. The lowest BCUT2D eigenvalue weighted by Crippen LogP contribution is -2.36. The van der Waals surface area contributed by atoms with Crippen LogP contribution >= 0.6 is 12.4 Å². The Kier molecular flexibility index (Phi) is 6.86. The smallest absolute Gasteiger partial charge is 0.222 e. The molecule has 2 unspecified atom stereocenters. The van der Waals surface area contributed by atoms with Crippen molar-refractivity contribution in [3.63, 3.8) is 0 Å². The lowest BCUT2D eigenvalue weighted by molar-refractivity contribution is -0.131. The van der Waals surface area contributed by atoms with Crippen molar-refractivity contribution in [1.29, 1.82) is 0 Å². The summed E-state index contributed by atoms with van der Waals surface area (Å²) in [7, 11) is 0. The van der Waals surface area contributed by atoms with Crippen LogP contribution in [0, 0.1) is 31.6 Å². The number of carbonyl (C=O) groups excluding carboxylic acids is 1. The van der Waals surface area contributed by atoms with Crippen LogP contribution in [0.1, 0.15) is 55.2 Å². The molecule has 3 nitrogen and oxygen atoms in total. The van der Waals surface area contributed by atoms with E-state index in [4.69, 9.17) is 0 Å². The molecule has 4 heteroatoms. The highest BCUT2D eigenvalue weighted by Crippen LogP contribution is 2.38. The Bertz CT molecular complexity index is 642. The van der Waals surface area contributed by atoms with Crippen molar-refractivity contribution in [3.05, 3.63) is 34.9 Å². The largest absolute Gasteiger partial charge is 0.342 e. The molecule has 0 spiro atoms. The molecule has 3 fully saturated rings. The first-order valence-electron chi connectivity index (χ1n) is 10.6. The number of fused-ring (bicyclic) bond motifs is 1. The zero-order valence-electron chi connectivity index (χ0n) is 17.0. The quantitative estimate of drug-likeness (QED) is 0.750. The van der Waals surface area contributed by atoms with Crippen LogP contribution in [-0.4, -0.2) is 41.9 Å². The fourth-order valence-electron chi connectivity index (χ4n) is 5.37. The van der Waals surface area contributed by atoms with Gasteiger partial charge >= 0.3 is 0 Å². The van der Waals surface area contributed by atoms with E-state index in [1.165, 1.54) is 48.8 Å². The van der Waals surface area contributed by atoms with E-state index in [9.17, 15) is 4.79 Å². The number of aryl methyl sites for hydroxylation is 2. The Morgan fingerprint density at radius 1 is 1.04 bits per heavy atom. The summed E-state index contributed by atoms with van der Waals surface area (Å²) in [6.45, 7) is 9.82. The maximum absolute atomic E-state index is 12.7. The summed E-state index contributed by atoms with van der Waals surface area (Å²) in [6.07, 6.45) is 7.23. The fourth-order valence-corrected chi connectivity index (χ4v) is 5.37. The summed E-state index contributed by atoms with van der Waals surface area (Å²) < 4.78 is 0. The normalized spacial score (nSPS) is 26.1. The van der Waals surface area contributed by atoms with Gasteiger partial charge < -0.3 is 4.90 Å². The minimum Gasteiger partial charge on any atom is -0.342 e. The maximum Gasteiger partial charge on any atom is 0.222 e. The van der Waals surface area contributed by atoms with E-state index in [0.29, 0.717) is 11.8 Å². The van der Waals surface area contributed by atoms with Crippen LogP contribution in [0.3, 0.4) is 0 Å². The van der Waals surface area contributed by atoms with Crippen molar-refractivity contribution in [3.8, 4) is 0 Å². The van der Waals surface area contributed by atoms with E-state index in [2.05, 4.69) is 41.8 Å².